The van der Waals surface area contributed by atoms with Crippen molar-refractivity contribution in [1.82, 2.24) is 0 Å². The zero-order chi connectivity index (χ0) is 21.1. The van der Waals surface area contributed by atoms with E-state index in [4.69, 9.17) is 4.74 Å². The lowest BCUT2D eigenvalue weighted by Gasteiger charge is -2.12. The minimum atomic E-state index is -1.18. The van der Waals surface area contributed by atoms with Crippen LogP contribution in [0.2, 0.25) is 0 Å². The zero-order valence-corrected chi connectivity index (χ0v) is 18.1. The lowest BCUT2D eigenvalue weighted by Crippen LogP contribution is -2.20. The second-order valence-corrected chi connectivity index (χ2v) is 7.80. The minimum absolute atomic E-state index is 0.0370. The highest BCUT2D eigenvalue weighted by atomic mass is 79.9. The molecular formula is C23H27BrO5. The van der Waals surface area contributed by atoms with Crippen molar-refractivity contribution in [3.8, 4) is 5.75 Å². The van der Waals surface area contributed by atoms with E-state index in [1.165, 1.54) is 7.11 Å². The summed E-state index contributed by atoms with van der Waals surface area (Å²) in [5, 5.41) is 9.50. The molecule has 6 heteroatoms. The van der Waals surface area contributed by atoms with Crippen LogP contribution in [0.25, 0.3) is 0 Å². The third kappa shape index (κ3) is 8.01. The fourth-order valence-electron chi connectivity index (χ4n) is 3.21. The van der Waals surface area contributed by atoms with Crippen molar-refractivity contribution in [1.29, 1.82) is 0 Å². The lowest BCUT2D eigenvalue weighted by molar-refractivity contribution is -0.150. The van der Waals surface area contributed by atoms with E-state index in [0.29, 0.717) is 19.4 Å². The van der Waals surface area contributed by atoms with Gasteiger partial charge in [-0.05, 0) is 61.6 Å². The normalized spacial score (nSPS) is 19.6. The summed E-state index contributed by atoms with van der Waals surface area (Å²) in [6.45, 7) is 0.592. The van der Waals surface area contributed by atoms with E-state index in [0.717, 1.165) is 23.1 Å². The first-order chi connectivity index (χ1) is 14.0. The van der Waals surface area contributed by atoms with Gasteiger partial charge in [0.1, 0.15) is 11.5 Å². The molecule has 5 nitrogen and oxygen atoms in total. The number of allylic oxidation sites excluding steroid dienone is 1. The summed E-state index contributed by atoms with van der Waals surface area (Å²) in [7, 11) is 1.23. The second kappa shape index (κ2) is 12.4. The van der Waals surface area contributed by atoms with Crippen LogP contribution in [0, 0.1) is 11.8 Å². The molecule has 0 spiro atoms. The van der Waals surface area contributed by atoms with Crippen LogP contribution in [-0.4, -0.2) is 36.7 Å². The Hall–Kier alpha value is -2.14. The van der Waals surface area contributed by atoms with Crippen LogP contribution < -0.4 is 4.74 Å². The number of carbonyl (C=O) groups excluding carboxylic acids is 2. The molecule has 1 N–H and O–H groups in total. The smallest absolute Gasteiger partial charge is 0.335 e. The summed E-state index contributed by atoms with van der Waals surface area (Å²) >= 11 is 3.40. The SMILES string of the molecule is COC(=O)C(O)CC=C=CC[C@H]1C(=O)CC[C@@H]1/C=C/CCOc1ccc(Br)cc1. The average molecular weight is 463 g/mol. The highest BCUT2D eigenvalue weighted by Crippen LogP contribution is 2.32. The van der Waals surface area contributed by atoms with E-state index in [2.05, 4.69) is 38.6 Å². The number of rotatable bonds is 10. The van der Waals surface area contributed by atoms with E-state index >= 15 is 0 Å². The Morgan fingerprint density at radius 2 is 2.10 bits per heavy atom. The van der Waals surface area contributed by atoms with Crippen LogP contribution in [0.15, 0.2) is 58.8 Å². The number of aliphatic hydroxyl groups excluding tert-OH is 1. The molecule has 0 aliphatic heterocycles. The summed E-state index contributed by atoms with van der Waals surface area (Å²) in [5.41, 5.74) is 2.94. The molecule has 29 heavy (non-hydrogen) atoms. The highest BCUT2D eigenvalue weighted by Gasteiger charge is 2.31. The van der Waals surface area contributed by atoms with Gasteiger partial charge in [0.2, 0.25) is 0 Å². The predicted octanol–water partition coefficient (Wildman–Crippen LogP) is 4.39. The van der Waals surface area contributed by atoms with E-state index in [1.807, 2.05) is 24.3 Å². The molecule has 1 fully saturated rings. The van der Waals surface area contributed by atoms with Gasteiger partial charge in [-0.1, -0.05) is 28.1 Å². The monoisotopic (exact) mass is 462 g/mol. The third-order valence-electron chi connectivity index (χ3n) is 4.83. The Balaban J connectivity index is 1.75. The number of benzene rings is 1. The predicted molar refractivity (Wildman–Crippen MR) is 115 cm³/mol. The standard InChI is InChI=1S/C23H27BrO5/c1-28-23(27)22(26)9-4-2-3-8-20-17(10-15-21(20)25)7-5-6-16-29-19-13-11-18(24)12-14-19/h3-5,7,11-14,17,20,22,26H,6,8-10,15-16H2,1H3/b7-5+/t2?,17-,20+,22?/m0/s1. The van der Waals surface area contributed by atoms with Crippen LogP contribution in [0.1, 0.15) is 32.1 Å². The summed E-state index contributed by atoms with van der Waals surface area (Å²) < 4.78 is 11.2. The lowest BCUT2D eigenvalue weighted by atomic mass is 9.91. The Morgan fingerprint density at radius 1 is 1.34 bits per heavy atom. The summed E-state index contributed by atoms with van der Waals surface area (Å²) in [6.07, 6.45) is 9.43. The molecule has 1 aromatic rings. The van der Waals surface area contributed by atoms with Gasteiger partial charge in [-0.25, -0.2) is 4.79 Å². The molecule has 156 valence electrons. The molecule has 0 aromatic heterocycles. The topological polar surface area (TPSA) is 72.8 Å². The molecule has 0 bridgehead atoms. The minimum Gasteiger partial charge on any atom is -0.493 e. The number of hydrogen-bond acceptors (Lipinski definition) is 5. The molecule has 0 amide bonds. The number of ketones is 1. The summed E-state index contributed by atoms with van der Waals surface area (Å²) in [5.74, 6) is 0.644. The molecule has 3 atom stereocenters. The van der Waals surface area contributed by atoms with Crippen LogP contribution in [-0.2, 0) is 14.3 Å². The summed E-state index contributed by atoms with van der Waals surface area (Å²) in [6, 6.07) is 7.73. The van der Waals surface area contributed by atoms with E-state index in [9.17, 15) is 14.7 Å². The van der Waals surface area contributed by atoms with Crippen LogP contribution in [0.3, 0.4) is 0 Å². The van der Waals surface area contributed by atoms with Gasteiger partial charge >= 0.3 is 5.97 Å². The Bertz CT molecular complexity index is 762. The number of methoxy groups -OCH3 is 1. The van der Waals surface area contributed by atoms with Crippen LogP contribution >= 0.6 is 15.9 Å². The fourth-order valence-corrected chi connectivity index (χ4v) is 3.47. The van der Waals surface area contributed by atoms with Crippen molar-refractivity contribution in [2.45, 2.75) is 38.2 Å². The maximum absolute atomic E-state index is 12.2. The van der Waals surface area contributed by atoms with Gasteiger partial charge in [0.25, 0.3) is 0 Å². The number of Topliss-reactive ketones (excluding diaryl/α,β-unsaturated/α-hetero) is 1. The molecule has 1 aliphatic rings. The van der Waals surface area contributed by atoms with Crippen molar-refractivity contribution < 1.29 is 24.2 Å². The van der Waals surface area contributed by atoms with Crippen molar-refractivity contribution >= 4 is 27.7 Å². The van der Waals surface area contributed by atoms with E-state index in [1.54, 1.807) is 12.2 Å². The largest absolute Gasteiger partial charge is 0.493 e. The van der Waals surface area contributed by atoms with Crippen molar-refractivity contribution in [2.75, 3.05) is 13.7 Å². The molecule has 1 aliphatic carbocycles. The molecule has 2 rings (SSSR count). The summed E-state index contributed by atoms with van der Waals surface area (Å²) in [4.78, 5) is 23.3. The Morgan fingerprint density at radius 3 is 2.83 bits per heavy atom. The van der Waals surface area contributed by atoms with Gasteiger partial charge in [-0.2, -0.15) is 0 Å². The first kappa shape index (κ1) is 23.1. The molecular weight excluding hydrogens is 436 g/mol. The molecule has 1 aromatic carbocycles. The number of ether oxygens (including phenoxy) is 2. The molecule has 0 heterocycles. The maximum atomic E-state index is 12.2. The van der Waals surface area contributed by atoms with Crippen molar-refractivity contribution in [3.63, 3.8) is 0 Å². The fraction of sp³-hybridized carbons (Fsp3) is 0.435. The zero-order valence-electron chi connectivity index (χ0n) is 16.6. The average Bonchev–Trinajstić information content (AvgIpc) is 3.07. The number of aliphatic hydroxyl groups is 1. The first-order valence-corrected chi connectivity index (χ1v) is 10.5. The molecule has 1 saturated carbocycles. The second-order valence-electron chi connectivity index (χ2n) is 6.88. The van der Waals surface area contributed by atoms with Crippen LogP contribution in [0.5, 0.6) is 5.75 Å². The number of esters is 1. The Labute approximate surface area is 180 Å². The Kier molecular flexibility index (Phi) is 9.92. The van der Waals surface area contributed by atoms with Crippen molar-refractivity contribution in [3.05, 3.63) is 58.8 Å². The maximum Gasteiger partial charge on any atom is 0.335 e. The van der Waals surface area contributed by atoms with Gasteiger partial charge < -0.3 is 14.6 Å². The number of carbonyl (C=O) groups is 2. The van der Waals surface area contributed by atoms with Gasteiger partial charge in [0.15, 0.2) is 6.10 Å². The number of hydrogen-bond donors (Lipinski definition) is 1. The first-order valence-electron chi connectivity index (χ1n) is 9.74. The van der Waals surface area contributed by atoms with Crippen LogP contribution in [0.4, 0.5) is 0 Å². The van der Waals surface area contributed by atoms with E-state index < -0.39 is 12.1 Å². The molecule has 0 saturated heterocycles. The molecule has 1 unspecified atom stereocenters. The van der Waals surface area contributed by atoms with Gasteiger partial charge in [0, 0.05) is 23.2 Å². The highest BCUT2D eigenvalue weighted by molar-refractivity contribution is 9.10. The molecule has 0 radical (unpaired) electrons. The van der Waals surface area contributed by atoms with Gasteiger partial charge in [-0.3, -0.25) is 4.79 Å². The number of halogens is 1. The third-order valence-corrected chi connectivity index (χ3v) is 5.36. The van der Waals surface area contributed by atoms with Gasteiger partial charge in [0.05, 0.1) is 13.7 Å². The van der Waals surface area contributed by atoms with E-state index in [-0.39, 0.29) is 24.0 Å². The quantitative estimate of drug-likeness (QED) is 0.241. The van der Waals surface area contributed by atoms with Crippen molar-refractivity contribution in [2.24, 2.45) is 11.8 Å². The van der Waals surface area contributed by atoms with Gasteiger partial charge in [-0.15, -0.1) is 5.73 Å².